The number of halogens is 2. The number of nitrogens with one attached hydrogen (secondary N) is 1. The van der Waals surface area contributed by atoms with Gasteiger partial charge < -0.3 is 9.47 Å². The summed E-state index contributed by atoms with van der Waals surface area (Å²) in [4.78, 5) is 12.9. The number of amides is 1. The van der Waals surface area contributed by atoms with Crippen LogP contribution in [0.15, 0.2) is 76.7 Å². The highest BCUT2D eigenvalue weighted by molar-refractivity contribution is 8.00. The van der Waals surface area contributed by atoms with Crippen LogP contribution in [0.25, 0.3) is 0 Å². The second kappa shape index (κ2) is 11.6. The molecule has 0 saturated carbocycles. The lowest BCUT2D eigenvalue weighted by molar-refractivity contribution is -0.118. The molecular weight excluding hydrogens is 455 g/mol. The lowest BCUT2D eigenvalue weighted by atomic mass is 10.2. The Morgan fingerprint density at radius 3 is 2.58 bits per heavy atom. The van der Waals surface area contributed by atoms with Gasteiger partial charge in [-0.05, 0) is 54.1 Å². The second-order valence-corrected chi connectivity index (χ2v) is 8.22. The first-order chi connectivity index (χ1) is 15.0. The monoisotopic (exact) mass is 474 g/mol. The fourth-order valence-electron chi connectivity index (χ4n) is 2.55. The van der Waals surface area contributed by atoms with Crippen LogP contribution < -0.4 is 14.9 Å². The van der Waals surface area contributed by atoms with Gasteiger partial charge in [0.05, 0.1) is 19.1 Å². The molecule has 0 bridgehead atoms. The van der Waals surface area contributed by atoms with Crippen LogP contribution in [0.4, 0.5) is 0 Å². The van der Waals surface area contributed by atoms with E-state index in [2.05, 4.69) is 10.5 Å². The van der Waals surface area contributed by atoms with E-state index in [9.17, 15) is 4.79 Å². The number of hydrazone groups is 1. The van der Waals surface area contributed by atoms with Crippen molar-refractivity contribution in [1.29, 1.82) is 0 Å². The zero-order valence-electron chi connectivity index (χ0n) is 16.7. The molecule has 0 aliphatic rings. The Morgan fingerprint density at radius 2 is 1.84 bits per heavy atom. The molecule has 31 heavy (non-hydrogen) atoms. The number of carbonyl (C=O) groups is 1. The molecule has 3 rings (SSSR count). The van der Waals surface area contributed by atoms with E-state index >= 15 is 0 Å². The topological polar surface area (TPSA) is 59.9 Å². The summed E-state index contributed by atoms with van der Waals surface area (Å²) in [6.07, 6.45) is 1.55. The molecule has 0 aromatic heterocycles. The maximum atomic E-state index is 12.0. The van der Waals surface area contributed by atoms with Gasteiger partial charge in [0.1, 0.15) is 6.61 Å². The normalized spacial score (nSPS) is 10.8. The van der Waals surface area contributed by atoms with Gasteiger partial charge in [0.25, 0.3) is 0 Å². The van der Waals surface area contributed by atoms with Gasteiger partial charge in [-0.1, -0.05) is 41.4 Å². The zero-order valence-corrected chi connectivity index (χ0v) is 19.0. The Morgan fingerprint density at radius 1 is 1.06 bits per heavy atom. The highest BCUT2D eigenvalue weighted by atomic mass is 35.5. The average Bonchev–Trinajstić information content (AvgIpc) is 2.78. The molecule has 5 nitrogen and oxygen atoms in total. The summed E-state index contributed by atoms with van der Waals surface area (Å²) in [5.41, 5.74) is 4.16. The maximum Gasteiger partial charge on any atom is 0.250 e. The van der Waals surface area contributed by atoms with E-state index in [0.29, 0.717) is 28.2 Å². The number of rotatable bonds is 9. The summed E-state index contributed by atoms with van der Waals surface area (Å²) >= 11 is 13.4. The predicted octanol–water partition coefficient (Wildman–Crippen LogP) is 5.82. The van der Waals surface area contributed by atoms with Crippen LogP contribution in [-0.2, 0) is 11.4 Å². The first-order valence-corrected chi connectivity index (χ1v) is 11.0. The molecule has 0 saturated heterocycles. The molecule has 0 radical (unpaired) electrons. The van der Waals surface area contributed by atoms with Gasteiger partial charge in [0.15, 0.2) is 11.5 Å². The van der Waals surface area contributed by atoms with Crippen molar-refractivity contribution in [2.24, 2.45) is 5.10 Å². The SMILES string of the molecule is COc1cc(/C=N\NC(=O)CSc2ccc(Cl)cc2)ccc1OCc1ccccc1Cl. The van der Waals surface area contributed by atoms with Gasteiger partial charge in [-0.2, -0.15) is 5.10 Å². The second-order valence-electron chi connectivity index (χ2n) is 6.33. The molecule has 160 valence electrons. The molecule has 1 amide bonds. The van der Waals surface area contributed by atoms with Gasteiger partial charge in [-0.25, -0.2) is 5.43 Å². The number of methoxy groups -OCH3 is 1. The summed E-state index contributed by atoms with van der Waals surface area (Å²) < 4.78 is 11.2. The van der Waals surface area contributed by atoms with Crippen LogP contribution in [0.2, 0.25) is 10.0 Å². The Bertz CT molecular complexity index is 1060. The third kappa shape index (κ3) is 7.21. The molecule has 0 fully saturated rings. The van der Waals surface area contributed by atoms with Crippen molar-refractivity contribution in [2.75, 3.05) is 12.9 Å². The Labute approximate surface area is 195 Å². The Hall–Kier alpha value is -2.67. The highest BCUT2D eigenvalue weighted by Gasteiger charge is 2.07. The average molecular weight is 475 g/mol. The summed E-state index contributed by atoms with van der Waals surface area (Å²) in [6.45, 7) is 0.324. The van der Waals surface area contributed by atoms with Crippen molar-refractivity contribution in [3.63, 3.8) is 0 Å². The van der Waals surface area contributed by atoms with E-state index in [0.717, 1.165) is 16.0 Å². The highest BCUT2D eigenvalue weighted by Crippen LogP contribution is 2.29. The van der Waals surface area contributed by atoms with E-state index in [4.69, 9.17) is 32.7 Å². The van der Waals surface area contributed by atoms with Crippen molar-refractivity contribution in [3.05, 3.63) is 87.9 Å². The fourth-order valence-corrected chi connectivity index (χ4v) is 3.55. The number of nitrogens with zero attached hydrogens (tertiary/aromatic N) is 1. The van der Waals surface area contributed by atoms with Crippen LogP contribution in [0.1, 0.15) is 11.1 Å². The molecule has 0 atom stereocenters. The quantitative estimate of drug-likeness (QED) is 0.241. The van der Waals surface area contributed by atoms with Crippen molar-refractivity contribution < 1.29 is 14.3 Å². The van der Waals surface area contributed by atoms with Crippen molar-refractivity contribution in [1.82, 2.24) is 5.43 Å². The molecule has 0 unspecified atom stereocenters. The molecule has 3 aromatic carbocycles. The molecule has 0 heterocycles. The summed E-state index contributed by atoms with van der Waals surface area (Å²) in [5.74, 6) is 1.18. The predicted molar refractivity (Wildman–Crippen MR) is 127 cm³/mol. The van der Waals surface area contributed by atoms with E-state index in [-0.39, 0.29) is 11.7 Å². The Balaban J connectivity index is 1.52. The van der Waals surface area contributed by atoms with Crippen LogP contribution in [0.5, 0.6) is 11.5 Å². The van der Waals surface area contributed by atoms with Gasteiger partial charge in [-0.3, -0.25) is 4.79 Å². The number of hydrogen-bond donors (Lipinski definition) is 1. The molecule has 0 aliphatic carbocycles. The number of thioether (sulfide) groups is 1. The number of carbonyl (C=O) groups excluding carboxylic acids is 1. The van der Waals surface area contributed by atoms with Crippen LogP contribution >= 0.6 is 35.0 Å². The van der Waals surface area contributed by atoms with Crippen LogP contribution in [-0.4, -0.2) is 25.0 Å². The smallest absolute Gasteiger partial charge is 0.250 e. The largest absolute Gasteiger partial charge is 0.493 e. The van der Waals surface area contributed by atoms with E-state index in [1.54, 1.807) is 37.6 Å². The third-order valence-electron chi connectivity index (χ3n) is 4.12. The number of ether oxygens (including phenoxy) is 2. The molecule has 3 aromatic rings. The number of benzene rings is 3. The zero-order chi connectivity index (χ0) is 22.1. The molecular formula is C23H20Cl2N2O3S. The minimum absolute atomic E-state index is 0.206. The third-order valence-corrected chi connectivity index (χ3v) is 5.75. The summed E-state index contributed by atoms with van der Waals surface area (Å²) in [5, 5.41) is 5.31. The lowest BCUT2D eigenvalue weighted by Gasteiger charge is -2.12. The molecule has 0 aliphatic heterocycles. The van der Waals surface area contributed by atoms with Gasteiger partial charge >= 0.3 is 0 Å². The minimum Gasteiger partial charge on any atom is -0.493 e. The summed E-state index contributed by atoms with van der Waals surface area (Å²) in [7, 11) is 1.56. The van der Waals surface area contributed by atoms with Gasteiger partial charge in [0, 0.05) is 20.5 Å². The summed E-state index contributed by atoms with van der Waals surface area (Å²) in [6, 6.07) is 20.2. The van der Waals surface area contributed by atoms with Crippen LogP contribution in [0, 0.1) is 0 Å². The van der Waals surface area contributed by atoms with Crippen molar-refractivity contribution in [3.8, 4) is 11.5 Å². The standard InChI is InChI=1S/C23H20Cl2N2O3S/c1-29-22-12-16(6-11-21(22)30-14-17-4-2-3-5-20(17)25)13-26-27-23(28)15-31-19-9-7-18(24)8-10-19/h2-13H,14-15H2,1H3,(H,27,28)/b26-13-. The van der Waals surface area contributed by atoms with Gasteiger partial charge in [-0.15, -0.1) is 11.8 Å². The first-order valence-electron chi connectivity index (χ1n) is 9.29. The number of hydrogen-bond acceptors (Lipinski definition) is 5. The van der Waals surface area contributed by atoms with Gasteiger partial charge in [0.2, 0.25) is 5.91 Å². The lowest BCUT2D eigenvalue weighted by Crippen LogP contribution is -2.19. The minimum atomic E-state index is -0.206. The van der Waals surface area contributed by atoms with E-state index in [1.807, 2.05) is 42.5 Å². The van der Waals surface area contributed by atoms with Crippen molar-refractivity contribution >= 4 is 47.1 Å². The maximum absolute atomic E-state index is 12.0. The van der Waals surface area contributed by atoms with Crippen molar-refractivity contribution in [2.45, 2.75) is 11.5 Å². The molecule has 1 N–H and O–H groups in total. The van der Waals surface area contributed by atoms with E-state index in [1.165, 1.54) is 11.8 Å². The molecule has 0 spiro atoms. The Kier molecular flexibility index (Phi) is 8.64. The van der Waals surface area contributed by atoms with E-state index < -0.39 is 0 Å². The fraction of sp³-hybridized carbons (Fsp3) is 0.130. The first kappa shape index (κ1) is 23.0. The molecule has 8 heteroatoms. The van der Waals surface area contributed by atoms with Crippen LogP contribution in [0.3, 0.4) is 0 Å².